The first-order valence-electron chi connectivity index (χ1n) is 7.27. The molecule has 1 aliphatic heterocycles. The maximum atomic E-state index is 12.7. The average molecular weight is 510 g/mol. The Bertz CT molecular complexity index is 896. The molecule has 2 aromatic rings. The molecule has 1 atom stereocenters. The minimum absolute atomic E-state index is 0.358. The van der Waals surface area contributed by atoms with Crippen LogP contribution in [0.2, 0.25) is 10.0 Å². The summed E-state index contributed by atoms with van der Waals surface area (Å²) >= 11 is 14.8. The lowest BCUT2D eigenvalue weighted by molar-refractivity contribution is 0.0998. The molecule has 1 amide bonds. The number of aliphatic imine (C=N–C) groups is 1. The number of nitrogens with zero attached hydrogens (tertiary/aromatic N) is 3. The summed E-state index contributed by atoms with van der Waals surface area (Å²) in [6, 6.07) is 3.61. The number of hydrogen-bond donors (Lipinski definition) is 2. The monoisotopic (exact) mass is 509 g/mol. The summed E-state index contributed by atoms with van der Waals surface area (Å²) in [5, 5.41) is 1.69. The third-order valence-electron chi connectivity index (χ3n) is 3.62. The summed E-state index contributed by atoms with van der Waals surface area (Å²) < 4.78 is 1.99. The lowest BCUT2D eigenvalue weighted by atomic mass is 10.0. The van der Waals surface area contributed by atoms with Gasteiger partial charge in [-0.05, 0) is 33.7 Å². The van der Waals surface area contributed by atoms with Crippen molar-refractivity contribution in [1.29, 1.82) is 0 Å². The van der Waals surface area contributed by atoms with Gasteiger partial charge in [0, 0.05) is 37.8 Å². The predicted octanol–water partition coefficient (Wildman–Crippen LogP) is 4.31. The van der Waals surface area contributed by atoms with Crippen molar-refractivity contribution in [3.8, 4) is 0 Å². The van der Waals surface area contributed by atoms with Gasteiger partial charge in [-0.1, -0.05) is 29.3 Å². The van der Waals surface area contributed by atoms with Gasteiger partial charge in [-0.15, -0.1) is 0 Å². The Balaban J connectivity index is 2.20. The highest BCUT2D eigenvalue weighted by molar-refractivity contribution is 14.2. The molecule has 2 N–H and O–H groups in total. The van der Waals surface area contributed by atoms with E-state index in [1.165, 1.54) is 6.34 Å². The van der Waals surface area contributed by atoms with E-state index >= 15 is 0 Å². The maximum Gasteiger partial charge on any atom is 0.295 e. The largest absolute Gasteiger partial charge is 0.369 e. The van der Waals surface area contributed by atoms with E-state index in [2.05, 4.69) is 37.4 Å². The standard InChI is InChI=1S/C15H15Cl2IN5OP/c1-22(2)7-19-15(24)14-11(8-5-20-23(6-8)25-18)9-3-4-10(16)12(17)13(9)21-14/h3-4,6-7,20-21,25H,5H2,1-2H3. The number of halogens is 3. The van der Waals surface area contributed by atoms with E-state index in [-0.39, 0.29) is 5.91 Å². The van der Waals surface area contributed by atoms with Crippen LogP contribution in [0.3, 0.4) is 0 Å². The second-order valence-electron chi connectivity index (χ2n) is 5.62. The number of amides is 1. The normalized spacial score (nSPS) is 15.1. The molecule has 25 heavy (non-hydrogen) atoms. The summed E-state index contributed by atoms with van der Waals surface area (Å²) in [5.41, 5.74) is 6.12. The number of carbonyl (C=O) groups excluding carboxylic acids is 1. The molecule has 0 saturated carbocycles. The fourth-order valence-corrected chi connectivity index (χ4v) is 4.20. The van der Waals surface area contributed by atoms with E-state index in [1.807, 2.05) is 31.1 Å². The summed E-state index contributed by atoms with van der Waals surface area (Å²) in [5.74, 6) is -0.358. The summed E-state index contributed by atoms with van der Waals surface area (Å²) in [6.07, 6.45) is 4.03. The Morgan fingerprint density at radius 3 is 2.84 bits per heavy atom. The average Bonchev–Trinajstić information content (AvgIpc) is 3.20. The quantitative estimate of drug-likeness (QED) is 0.279. The molecule has 1 aromatic carbocycles. The van der Waals surface area contributed by atoms with Crippen LogP contribution in [0.5, 0.6) is 0 Å². The number of aromatic nitrogens is 1. The number of hydrazine groups is 1. The first kappa shape index (κ1) is 18.9. The number of fused-ring (bicyclic) bond motifs is 1. The Hall–Kier alpha value is -0.860. The van der Waals surface area contributed by atoms with Crippen LogP contribution in [-0.4, -0.2) is 47.5 Å². The predicted molar refractivity (Wildman–Crippen MR) is 115 cm³/mol. The van der Waals surface area contributed by atoms with Gasteiger partial charge in [0.15, 0.2) is 0 Å². The van der Waals surface area contributed by atoms with Crippen molar-refractivity contribution in [2.24, 2.45) is 4.99 Å². The van der Waals surface area contributed by atoms with E-state index < -0.39 is 0 Å². The van der Waals surface area contributed by atoms with Crippen LogP contribution in [0.25, 0.3) is 16.5 Å². The number of benzene rings is 1. The van der Waals surface area contributed by atoms with Gasteiger partial charge in [0.2, 0.25) is 0 Å². The van der Waals surface area contributed by atoms with Crippen LogP contribution in [0.1, 0.15) is 16.1 Å². The Labute approximate surface area is 169 Å². The van der Waals surface area contributed by atoms with Gasteiger partial charge in [-0.25, -0.2) is 5.43 Å². The van der Waals surface area contributed by atoms with Crippen molar-refractivity contribution < 1.29 is 4.79 Å². The molecule has 132 valence electrons. The zero-order chi connectivity index (χ0) is 18.1. The summed E-state index contributed by atoms with van der Waals surface area (Å²) in [6.45, 7) is 0.626. The smallest absolute Gasteiger partial charge is 0.295 e. The van der Waals surface area contributed by atoms with Gasteiger partial charge in [0.25, 0.3) is 5.91 Å². The molecule has 1 unspecified atom stereocenters. The molecule has 0 radical (unpaired) electrons. The van der Waals surface area contributed by atoms with Crippen LogP contribution in [-0.2, 0) is 0 Å². The van der Waals surface area contributed by atoms with Crippen LogP contribution in [0.15, 0.2) is 23.3 Å². The number of aromatic amines is 1. The third-order valence-corrected chi connectivity index (χ3v) is 6.45. The van der Waals surface area contributed by atoms with Crippen molar-refractivity contribution >= 4 is 80.3 Å². The van der Waals surface area contributed by atoms with Crippen LogP contribution in [0, 0.1) is 0 Å². The first-order valence-corrected chi connectivity index (χ1v) is 12.1. The molecule has 10 heteroatoms. The van der Waals surface area contributed by atoms with Gasteiger partial charge in [0.1, 0.15) is 5.69 Å². The van der Waals surface area contributed by atoms with Gasteiger partial charge >= 0.3 is 0 Å². The van der Waals surface area contributed by atoms with Crippen molar-refractivity contribution in [3.05, 3.63) is 39.6 Å². The fourth-order valence-electron chi connectivity index (χ4n) is 2.55. The molecule has 1 aromatic heterocycles. The minimum atomic E-state index is -0.358. The third kappa shape index (κ3) is 3.80. The molecule has 0 bridgehead atoms. The minimum Gasteiger partial charge on any atom is -0.369 e. The SMILES string of the molecule is CN(C)C=NC(=O)c1[nH]c2c(Cl)c(Cl)ccc2c1C1=CN(PI)NC1. The van der Waals surface area contributed by atoms with Gasteiger partial charge in [-0.3, -0.25) is 9.57 Å². The van der Waals surface area contributed by atoms with Crippen LogP contribution in [0.4, 0.5) is 0 Å². The Morgan fingerprint density at radius 1 is 1.44 bits per heavy atom. The summed E-state index contributed by atoms with van der Waals surface area (Å²) in [7, 11) is 3.62. The van der Waals surface area contributed by atoms with Crippen molar-refractivity contribution in [1.82, 2.24) is 20.1 Å². The number of hydrogen-bond acceptors (Lipinski definition) is 3. The van der Waals surface area contributed by atoms with E-state index in [0.29, 0.717) is 34.2 Å². The highest BCUT2D eigenvalue weighted by Crippen LogP contribution is 2.39. The topological polar surface area (TPSA) is 63.7 Å². The highest BCUT2D eigenvalue weighted by Gasteiger charge is 2.25. The van der Waals surface area contributed by atoms with E-state index in [1.54, 1.807) is 11.0 Å². The molecular weight excluding hydrogens is 495 g/mol. The zero-order valence-corrected chi connectivity index (χ0v) is 18.1. The second kappa shape index (κ2) is 7.80. The van der Waals surface area contributed by atoms with Crippen molar-refractivity contribution in [2.75, 3.05) is 20.6 Å². The fraction of sp³-hybridized carbons (Fsp3) is 0.200. The molecule has 0 fully saturated rings. The molecule has 3 rings (SSSR count). The first-order chi connectivity index (χ1) is 11.9. The molecule has 2 heterocycles. The molecule has 0 spiro atoms. The van der Waals surface area contributed by atoms with E-state index in [0.717, 1.165) is 16.5 Å². The Kier molecular flexibility index (Phi) is 5.90. The number of rotatable bonds is 4. The highest BCUT2D eigenvalue weighted by atomic mass is 127. The molecule has 0 saturated heterocycles. The van der Waals surface area contributed by atoms with Gasteiger partial charge in [-0.2, -0.15) is 4.99 Å². The van der Waals surface area contributed by atoms with Gasteiger partial charge in [0.05, 0.1) is 28.3 Å². The summed E-state index contributed by atoms with van der Waals surface area (Å²) in [4.78, 5) is 21.5. The molecule has 6 nitrogen and oxygen atoms in total. The number of carbonyl (C=O) groups is 1. The molecule has 1 aliphatic rings. The Morgan fingerprint density at radius 2 is 2.20 bits per heavy atom. The zero-order valence-electron chi connectivity index (χ0n) is 13.4. The molecule has 0 aliphatic carbocycles. The molecular formula is C15H15Cl2IN5OP. The second-order valence-corrected chi connectivity index (χ2v) is 8.50. The lowest BCUT2D eigenvalue weighted by Crippen LogP contribution is -2.19. The van der Waals surface area contributed by atoms with Crippen LogP contribution >= 0.6 is 51.6 Å². The van der Waals surface area contributed by atoms with Gasteiger partial charge < -0.3 is 9.88 Å². The number of nitrogens with one attached hydrogen (secondary N) is 2. The maximum absolute atomic E-state index is 12.7. The van der Waals surface area contributed by atoms with Crippen molar-refractivity contribution in [2.45, 2.75) is 0 Å². The van der Waals surface area contributed by atoms with E-state index in [9.17, 15) is 4.79 Å². The van der Waals surface area contributed by atoms with Crippen LogP contribution < -0.4 is 5.43 Å². The van der Waals surface area contributed by atoms with Crippen molar-refractivity contribution in [3.63, 3.8) is 0 Å². The number of H-pyrrole nitrogens is 1. The van der Waals surface area contributed by atoms with E-state index in [4.69, 9.17) is 23.2 Å². The lowest BCUT2D eigenvalue weighted by Gasteiger charge is -2.08.